The van der Waals surface area contributed by atoms with Crippen LogP contribution in [0.4, 0.5) is 0 Å². The lowest BCUT2D eigenvalue weighted by Crippen LogP contribution is -2.44. The first kappa shape index (κ1) is 28.7. The average molecular weight is 425 g/mol. The fourth-order valence-corrected chi connectivity index (χ4v) is 2.47. The van der Waals surface area contributed by atoms with E-state index in [1.165, 1.54) is 0 Å². The number of hydrogen-bond acceptors (Lipinski definition) is 8. The minimum atomic E-state index is -0.481. The number of methoxy groups -OCH3 is 4. The van der Waals surface area contributed by atoms with Gasteiger partial charge in [0.25, 0.3) is 0 Å². The van der Waals surface area contributed by atoms with E-state index in [-0.39, 0.29) is 24.4 Å². The summed E-state index contributed by atoms with van der Waals surface area (Å²) in [5, 5.41) is 0. The molecule has 0 aromatic carbocycles. The van der Waals surface area contributed by atoms with E-state index >= 15 is 0 Å². The molecule has 0 amide bonds. The van der Waals surface area contributed by atoms with E-state index in [0.29, 0.717) is 52.9 Å². The summed E-state index contributed by atoms with van der Waals surface area (Å²) in [5.41, 5.74) is -0.481. The van der Waals surface area contributed by atoms with Gasteiger partial charge in [-0.15, -0.1) is 0 Å². The largest absolute Gasteiger partial charge is 0.382 e. The summed E-state index contributed by atoms with van der Waals surface area (Å²) in [6.45, 7) is 11.5. The minimum absolute atomic E-state index is 0.00352. The van der Waals surface area contributed by atoms with Gasteiger partial charge in [0.2, 0.25) is 0 Å². The van der Waals surface area contributed by atoms with Gasteiger partial charge in [-0.1, -0.05) is 0 Å². The normalized spacial score (nSPS) is 18.2. The molecule has 0 rings (SSSR count). The van der Waals surface area contributed by atoms with Gasteiger partial charge in [-0.3, -0.25) is 0 Å². The first-order valence-electron chi connectivity index (χ1n) is 10.2. The molecule has 0 aliphatic carbocycles. The SMILES string of the molecule is COCC(C)OCC(COCC(C)OC)(COCC(C)OC)COC(C)COC. The molecule has 0 N–H and O–H groups in total. The predicted octanol–water partition coefficient (Wildman–Crippen LogP) is 2.18. The molecule has 4 atom stereocenters. The van der Waals surface area contributed by atoms with Crippen molar-refractivity contribution in [2.45, 2.75) is 52.1 Å². The van der Waals surface area contributed by atoms with Crippen molar-refractivity contribution in [2.24, 2.45) is 5.41 Å². The highest BCUT2D eigenvalue weighted by molar-refractivity contribution is 4.81. The molecular formula is C21H44O8. The molecule has 0 aliphatic rings. The van der Waals surface area contributed by atoms with Gasteiger partial charge in [0.15, 0.2) is 0 Å². The molecule has 0 aromatic rings. The highest BCUT2D eigenvalue weighted by atomic mass is 16.6. The molecule has 8 heteroatoms. The molecule has 4 unspecified atom stereocenters. The van der Waals surface area contributed by atoms with Gasteiger partial charge in [-0.25, -0.2) is 0 Å². The first-order valence-corrected chi connectivity index (χ1v) is 10.2. The Kier molecular flexibility index (Phi) is 17.2. The van der Waals surface area contributed by atoms with Gasteiger partial charge in [-0.05, 0) is 27.7 Å². The van der Waals surface area contributed by atoms with E-state index in [2.05, 4.69) is 0 Å². The van der Waals surface area contributed by atoms with Crippen LogP contribution in [0.15, 0.2) is 0 Å². The second-order valence-corrected chi connectivity index (χ2v) is 7.78. The molecule has 0 radical (unpaired) electrons. The molecule has 0 spiro atoms. The molecule has 0 aromatic heterocycles. The van der Waals surface area contributed by atoms with Crippen molar-refractivity contribution >= 4 is 0 Å². The van der Waals surface area contributed by atoms with Crippen LogP contribution in [-0.2, 0) is 37.9 Å². The number of hydrogen-bond donors (Lipinski definition) is 0. The molecule has 0 heterocycles. The zero-order valence-electron chi connectivity index (χ0n) is 19.7. The number of ether oxygens (including phenoxy) is 8. The fourth-order valence-electron chi connectivity index (χ4n) is 2.47. The third-order valence-electron chi connectivity index (χ3n) is 4.48. The maximum absolute atomic E-state index is 6.05. The molecule has 176 valence electrons. The Labute approximate surface area is 177 Å². The van der Waals surface area contributed by atoms with Gasteiger partial charge in [0.1, 0.15) is 0 Å². The van der Waals surface area contributed by atoms with Gasteiger partial charge < -0.3 is 37.9 Å². The second kappa shape index (κ2) is 17.4. The van der Waals surface area contributed by atoms with Crippen molar-refractivity contribution in [1.82, 2.24) is 0 Å². The lowest BCUT2D eigenvalue weighted by atomic mass is 9.92. The second-order valence-electron chi connectivity index (χ2n) is 7.78. The smallest absolute Gasteiger partial charge is 0.0780 e. The highest BCUT2D eigenvalue weighted by Crippen LogP contribution is 2.23. The average Bonchev–Trinajstić information content (AvgIpc) is 2.70. The van der Waals surface area contributed by atoms with E-state index in [1.807, 2.05) is 27.7 Å². The first-order chi connectivity index (χ1) is 13.8. The van der Waals surface area contributed by atoms with Crippen LogP contribution in [0.3, 0.4) is 0 Å². The zero-order chi connectivity index (χ0) is 22.1. The molecular weight excluding hydrogens is 380 g/mol. The van der Waals surface area contributed by atoms with Crippen molar-refractivity contribution in [2.75, 3.05) is 81.3 Å². The molecule has 0 bridgehead atoms. The fraction of sp³-hybridized carbons (Fsp3) is 1.00. The lowest BCUT2D eigenvalue weighted by molar-refractivity contribution is -0.146. The molecule has 0 fully saturated rings. The number of rotatable bonds is 20. The Bertz CT molecular complexity index is 335. The molecule has 0 saturated carbocycles. The summed E-state index contributed by atoms with van der Waals surface area (Å²) < 4.78 is 45.0. The van der Waals surface area contributed by atoms with Gasteiger partial charge in [0, 0.05) is 28.4 Å². The van der Waals surface area contributed by atoms with Crippen molar-refractivity contribution < 1.29 is 37.9 Å². The van der Waals surface area contributed by atoms with Crippen molar-refractivity contribution in [3.8, 4) is 0 Å². The quantitative estimate of drug-likeness (QED) is 0.294. The maximum Gasteiger partial charge on any atom is 0.0780 e. The molecule has 0 aliphatic heterocycles. The van der Waals surface area contributed by atoms with Crippen LogP contribution in [0.2, 0.25) is 0 Å². The van der Waals surface area contributed by atoms with Crippen molar-refractivity contribution in [3.05, 3.63) is 0 Å². The van der Waals surface area contributed by atoms with Crippen molar-refractivity contribution in [1.29, 1.82) is 0 Å². The van der Waals surface area contributed by atoms with Crippen LogP contribution >= 0.6 is 0 Å². The van der Waals surface area contributed by atoms with E-state index in [1.54, 1.807) is 28.4 Å². The van der Waals surface area contributed by atoms with E-state index in [4.69, 9.17) is 37.9 Å². The maximum atomic E-state index is 6.05. The van der Waals surface area contributed by atoms with Crippen molar-refractivity contribution in [3.63, 3.8) is 0 Å². The van der Waals surface area contributed by atoms with Gasteiger partial charge in [0.05, 0.1) is 82.7 Å². The van der Waals surface area contributed by atoms with Crippen LogP contribution in [0, 0.1) is 5.41 Å². The predicted molar refractivity (Wildman–Crippen MR) is 112 cm³/mol. The summed E-state index contributed by atoms with van der Waals surface area (Å²) in [5.74, 6) is 0. The van der Waals surface area contributed by atoms with Crippen LogP contribution in [0.1, 0.15) is 27.7 Å². The summed E-state index contributed by atoms with van der Waals surface area (Å²) in [6, 6.07) is 0. The van der Waals surface area contributed by atoms with E-state index in [0.717, 1.165) is 0 Å². The van der Waals surface area contributed by atoms with Crippen LogP contribution in [0.25, 0.3) is 0 Å². The summed E-state index contributed by atoms with van der Waals surface area (Å²) in [7, 11) is 6.66. The van der Waals surface area contributed by atoms with Crippen LogP contribution in [0.5, 0.6) is 0 Å². The van der Waals surface area contributed by atoms with E-state index in [9.17, 15) is 0 Å². The monoisotopic (exact) mass is 424 g/mol. The third-order valence-corrected chi connectivity index (χ3v) is 4.48. The van der Waals surface area contributed by atoms with Gasteiger partial charge >= 0.3 is 0 Å². The standard InChI is InChI=1S/C21H44O8/c1-17(24-7)11-26-13-21(14-27-12-18(2)25-8,15-28-19(3)9-22-5)16-29-20(4)10-23-6/h17-20H,9-16H2,1-8H3. The summed E-state index contributed by atoms with van der Waals surface area (Å²) in [4.78, 5) is 0. The Morgan fingerprint density at radius 1 is 0.517 bits per heavy atom. The summed E-state index contributed by atoms with van der Waals surface area (Å²) in [6.07, 6.45) is -0.0919. The Hall–Kier alpha value is -0.320. The van der Waals surface area contributed by atoms with Crippen LogP contribution < -0.4 is 0 Å². The molecule has 29 heavy (non-hydrogen) atoms. The molecule has 0 saturated heterocycles. The highest BCUT2D eigenvalue weighted by Gasteiger charge is 2.34. The topological polar surface area (TPSA) is 73.8 Å². The lowest BCUT2D eigenvalue weighted by Gasteiger charge is -2.35. The minimum Gasteiger partial charge on any atom is -0.382 e. The Balaban J connectivity index is 5.15. The zero-order valence-corrected chi connectivity index (χ0v) is 19.7. The van der Waals surface area contributed by atoms with Crippen LogP contribution in [-0.4, -0.2) is 106 Å². The van der Waals surface area contributed by atoms with Gasteiger partial charge in [-0.2, -0.15) is 0 Å². The Morgan fingerprint density at radius 3 is 1.21 bits per heavy atom. The third kappa shape index (κ3) is 14.3. The Morgan fingerprint density at radius 2 is 0.897 bits per heavy atom. The molecule has 8 nitrogen and oxygen atoms in total. The van der Waals surface area contributed by atoms with E-state index < -0.39 is 5.41 Å². The summed E-state index contributed by atoms with van der Waals surface area (Å²) >= 11 is 0.